The zero-order valence-electron chi connectivity index (χ0n) is 20.1. The molecule has 1 amide bonds. The van der Waals surface area contributed by atoms with Gasteiger partial charge < -0.3 is 15.0 Å². The summed E-state index contributed by atoms with van der Waals surface area (Å²) in [6, 6.07) is 19.1. The number of amides is 1. The lowest BCUT2D eigenvalue weighted by atomic mass is 9.89. The fourth-order valence-corrected chi connectivity index (χ4v) is 6.09. The molecule has 1 N–H and O–H groups in total. The number of carbonyl (C=O) groups is 1. The van der Waals surface area contributed by atoms with Crippen molar-refractivity contribution in [3.8, 4) is 0 Å². The monoisotopic (exact) mass is 570 g/mol. The topological polar surface area (TPSA) is 41.6 Å². The molecule has 2 aromatic carbocycles. The van der Waals surface area contributed by atoms with Gasteiger partial charge in [0.05, 0.1) is 0 Å². The summed E-state index contributed by atoms with van der Waals surface area (Å²) in [7, 11) is 0. The van der Waals surface area contributed by atoms with Crippen molar-refractivity contribution in [3.05, 3.63) is 87.7 Å². The zero-order valence-corrected chi connectivity index (χ0v) is 22.3. The van der Waals surface area contributed by atoms with Gasteiger partial charge in [-0.2, -0.15) is 0 Å². The van der Waals surface area contributed by atoms with Gasteiger partial charge in [0.2, 0.25) is 5.91 Å². The highest BCUT2D eigenvalue weighted by atomic mass is 127. The van der Waals surface area contributed by atoms with Gasteiger partial charge in [0.15, 0.2) is 3.77 Å². The molecule has 2 aromatic rings. The molecule has 0 aliphatic carbocycles. The zero-order chi connectivity index (χ0) is 23.8. The molecule has 180 valence electrons. The SMILES string of the molecule is CC(C)C(=O)Nc1cccc(C2CCN(CCC(OC3=CC=CC=I3)c3ccccc3)CC2)c1. The van der Waals surface area contributed by atoms with Gasteiger partial charge in [-0.3, -0.25) is 4.79 Å². The summed E-state index contributed by atoms with van der Waals surface area (Å²) in [4.78, 5) is 14.6. The fraction of sp³-hybridized carbons (Fsp3) is 0.379. The number of hydrogen-bond donors (Lipinski definition) is 1. The maximum absolute atomic E-state index is 12.1. The second kappa shape index (κ2) is 12.5. The first-order chi connectivity index (χ1) is 16.6. The Kier molecular flexibility index (Phi) is 9.11. The van der Waals surface area contributed by atoms with Crippen LogP contribution in [-0.2, 0) is 9.53 Å². The molecule has 4 rings (SSSR count). The van der Waals surface area contributed by atoms with Crippen LogP contribution in [-0.4, -0.2) is 34.5 Å². The number of likely N-dealkylation sites (tertiary alicyclic amines) is 1. The fourth-order valence-electron chi connectivity index (χ4n) is 4.42. The average Bonchev–Trinajstić information content (AvgIpc) is 2.88. The number of ether oxygens (including phenoxy) is 1. The summed E-state index contributed by atoms with van der Waals surface area (Å²) >= 11 is -0.161. The number of rotatable bonds is 9. The van der Waals surface area contributed by atoms with Crippen LogP contribution in [0.5, 0.6) is 0 Å². The number of piperidine rings is 1. The Hall–Kier alpha value is -2.25. The Morgan fingerprint density at radius 3 is 2.59 bits per heavy atom. The third-order valence-electron chi connectivity index (χ3n) is 6.45. The van der Waals surface area contributed by atoms with Crippen molar-refractivity contribution in [2.75, 3.05) is 25.0 Å². The number of hydrogen-bond acceptors (Lipinski definition) is 3. The standard InChI is InChI=1S/C29H35IN2O2/c1-22(2)29(33)31-26-12-8-11-25(21-26)23-14-18-32(19-15-23)20-16-27(24-9-4-3-5-10-24)34-28-13-6-7-17-30-28/h3-13,17,21-23,27H,14-16,18-20H2,1-2H3,(H,31,33). The summed E-state index contributed by atoms with van der Waals surface area (Å²) in [5, 5.41) is 3.04. The second-order valence-electron chi connectivity index (χ2n) is 9.28. The Labute approximate surface area is 213 Å². The Morgan fingerprint density at radius 2 is 1.88 bits per heavy atom. The number of benzene rings is 2. The molecule has 0 aromatic heterocycles. The van der Waals surface area contributed by atoms with E-state index in [9.17, 15) is 4.79 Å². The summed E-state index contributed by atoms with van der Waals surface area (Å²) in [6.45, 7) is 7.08. The van der Waals surface area contributed by atoms with Crippen LogP contribution in [0.4, 0.5) is 5.69 Å². The molecule has 4 nitrogen and oxygen atoms in total. The number of halogens is 1. The average molecular weight is 571 g/mol. The minimum Gasteiger partial charge on any atom is -0.480 e. The lowest BCUT2D eigenvalue weighted by Crippen LogP contribution is -2.34. The largest absolute Gasteiger partial charge is 0.480 e. The molecule has 1 saturated heterocycles. The molecule has 2 heterocycles. The molecule has 1 unspecified atom stereocenters. The summed E-state index contributed by atoms with van der Waals surface area (Å²) in [6.07, 6.45) is 9.72. The molecule has 2 aliphatic heterocycles. The molecular weight excluding hydrogens is 535 g/mol. The van der Waals surface area contributed by atoms with Crippen molar-refractivity contribution in [1.82, 2.24) is 4.90 Å². The number of nitrogens with one attached hydrogen (secondary N) is 1. The van der Waals surface area contributed by atoms with Gasteiger partial charge in [-0.05, 0) is 85.9 Å². The van der Waals surface area contributed by atoms with E-state index in [2.05, 4.69) is 81.0 Å². The predicted octanol–water partition coefficient (Wildman–Crippen LogP) is 6.79. The first kappa shape index (κ1) is 24.9. The molecule has 5 heteroatoms. The van der Waals surface area contributed by atoms with E-state index in [-0.39, 0.29) is 38.7 Å². The van der Waals surface area contributed by atoms with E-state index in [1.54, 1.807) is 0 Å². The van der Waals surface area contributed by atoms with Gasteiger partial charge in [0.1, 0.15) is 6.10 Å². The van der Waals surface area contributed by atoms with Crippen molar-refractivity contribution in [3.63, 3.8) is 0 Å². The molecule has 0 spiro atoms. The van der Waals surface area contributed by atoms with Crippen molar-refractivity contribution in [1.29, 1.82) is 0 Å². The highest BCUT2D eigenvalue weighted by Gasteiger charge is 2.23. The number of nitrogens with zero attached hydrogens (tertiary/aromatic N) is 1. The molecule has 1 atom stereocenters. The molecular formula is C29H35IN2O2. The molecule has 34 heavy (non-hydrogen) atoms. The van der Waals surface area contributed by atoms with E-state index in [0.29, 0.717) is 5.92 Å². The summed E-state index contributed by atoms with van der Waals surface area (Å²) < 4.78 is 9.89. The third-order valence-corrected chi connectivity index (χ3v) is 8.46. The molecule has 0 radical (unpaired) electrons. The van der Waals surface area contributed by atoms with E-state index in [4.69, 9.17) is 4.74 Å². The van der Waals surface area contributed by atoms with Crippen molar-refractivity contribution >= 4 is 36.3 Å². The maximum atomic E-state index is 12.1. The lowest BCUT2D eigenvalue weighted by molar-refractivity contribution is -0.118. The van der Waals surface area contributed by atoms with Crippen LogP contribution in [0.3, 0.4) is 0 Å². The highest BCUT2D eigenvalue weighted by molar-refractivity contribution is 14.2. The smallest absolute Gasteiger partial charge is 0.226 e. The van der Waals surface area contributed by atoms with Gasteiger partial charge in [0.25, 0.3) is 0 Å². The number of allylic oxidation sites excluding steroid dienone is 3. The van der Waals surface area contributed by atoms with Crippen LogP contribution >= 0.6 is 20.7 Å². The van der Waals surface area contributed by atoms with E-state index in [0.717, 1.165) is 48.4 Å². The minimum atomic E-state index is -0.161. The number of anilines is 1. The molecule has 0 bridgehead atoms. The van der Waals surface area contributed by atoms with E-state index in [1.807, 2.05) is 19.9 Å². The van der Waals surface area contributed by atoms with Crippen molar-refractivity contribution in [2.45, 2.75) is 45.1 Å². The lowest BCUT2D eigenvalue weighted by Gasteiger charge is -2.33. The van der Waals surface area contributed by atoms with E-state index in [1.165, 1.54) is 11.1 Å². The number of carbonyl (C=O) groups excluding carboxylic acids is 1. The summed E-state index contributed by atoms with van der Waals surface area (Å²) in [5.74, 6) is 0.608. The van der Waals surface area contributed by atoms with Gasteiger partial charge in [0, 0.05) is 24.6 Å². The second-order valence-corrected chi connectivity index (χ2v) is 11.7. The van der Waals surface area contributed by atoms with Gasteiger partial charge in [-0.15, -0.1) is 0 Å². The van der Waals surface area contributed by atoms with Crippen LogP contribution in [0.25, 0.3) is 0 Å². The predicted molar refractivity (Wildman–Crippen MR) is 151 cm³/mol. The van der Waals surface area contributed by atoms with Gasteiger partial charge in [-0.25, -0.2) is 0 Å². The Balaban J connectivity index is 1.31. The minimum absolute atomic E-state index is 0.0126. The normalized spacial score (nSPS) is 17.7. The highest BCUT2D eigenvalue weighted by Crippen LogP contribution is 2.32. The van der Waals surface area contributed by atoms with Crippen LogP contribution in [0, 0.1) is 5.92 Å². The first-order valence-corrected chi connectivity index (χ1v) is 14.6. The van der Waals surface area contributed by atoms with Crippen LogP contribution in [0.2, 0.25) is 0 Å². The van der Waals surface area contributed by atoms with Crippen LogP contribution in [0.15, 0.2) is 76.6 Å². The van der Waals surface area contributed by atoms with E-state index < -0.39 is 0 Å². The van der Waals surface area contributed by atoms with Crippen LogP contribution in [0.1, 0.15) is 56.3 Å². The van der Waals surface area contributed by atoms with Gasteiger partial charge in [-0.1, -0.05) is 68.5 Å². The molecule has 0 saturated carbocycles. The molecule has 2 aliphatic rings. The van der Waals surface area contributed by atoms with Crippen molar-refractivity contribution < 1.29 is 9.53 Å². The summed E-state index contributed by atoms with van der Waals surface area (Å²) in [5.41, 5.74) is 3.51. The van der Waals surface area contributed by atoms with Crippen LogP contribution < -0.4 is 5.32 Å². The maximum Gasteiger partial charge on any atom is 0.226 e. The van der Waals surface area contributed by atoms with Gasteiger partial charge >= 0.3 is 0 Å². The van der Waals surface area contributed by atoms with Crippen molar-refractivity contribution in [2.24, 2.45) is 5.92 Å². The van der Waals surface area contributed by atoms with E-state index >= 15 is 0 Å². The Morgan fingerprint density at radius 1 is 1.09 bits per heavy atom. The quantitative estimate of drug-likeness (QED) is 0.338. The molecule has 1 fully saturated rings. The Bertz CT molecular complexity index is 1040. The third kappa shape index (κ3) is 7.12. The first-order valence-electron chi connectivity index (χ1n) is 12.3.